The summed E-state index contributed by atoms with van der Waals surface area (Å²) in [5.41, 5.74) is 4.74. The van der Waals surface area contributed by atoms with Gasteiger partial charge in [0.15, 0.2) is 0 Å². The van der Waals surface area contributed by atoms with Gasteiger partial charge in [0, 0.05) is 6.04 Å². The van der Waals surface area contributed by atoms with Gasteiger partial charge in [-0.2, -0.15) is 0 Å². The highest BCUT2D eigenvalue weighted by atomic mass is 15.1. The van der Waals surface area contributed by atoms with Crippen LogP contribution >= 0.6 is 0 Å². The van der Waals surface area contributed by atoms with Crippen LogP contribution in [0.15, 0.2) is 12.1 Å². The maximum absolute atomic E-state index is 4.57. The van der Waals surface area contributed by atoms with Gasteiger partial charge in [-0.25, -0.2) is 4.98 Å². The van der Waals surface area contributed by atoms with E-state index in [4.69, 9.17) is 0 Å². The number of benzene rings is 1. The van der Waals surface area contributed by atoms with Crippen LogP contribution in [0, 0.1) is 13.8 Å². The predicted molar refractivity (Wildman–Crippen MR) is 62.2 cm³/mol. The molecule has 1 aliphatic carbocycles. The molecule has 0 saturated heterocycles. The molecule has 0 bridgehead atoms. The Balaban J connectivity index is 2.07. The van der Waals surface area contributed by atoms with Gasteiger partial charge >= 0.3 is 0 Å². The topological polar surface area (TPSA) is 40.7 Å². The van der Waals surface area contributed by atoms with E-state index in [-0.39, 0.29) is 0 Å². The van der Waals surface area contributed by atoms with Crippen molar-refractivity contribution < 1.29 is 0 Å². The summed E-state index contributed by atoms with van der Waals surface area (Å²) in [4.78, 5) is 7.89. The van der Waals surface area contributed by atoms with Crippen LogP contribution in [0.5, 0.6) is 0 Å². The molecule has 1 saturated carbocycles. The maximum Gasteiger partial charge on any atom is 0.201 e. The van der Waals surface area contributed by atoms with Crippen molar-refractivity contribution in [2.24, 2.45) is 0 Å². The Labute approximate surface area is 88.9 Å². The minimum Gasteiger partial charge on any atom is -0.353 e. The summed E-state index contributed by atoms with van der Waals surface area (Å²) in [5, 5.41) is 3.39. The van der Waals surface area contributed by atoms with Crippen LogP contribution < -0.4 is 5.32 Å². The van der Waals surface area contributed by atoms with Crippen LogP contribution in [0.3, 0.4) is 0 Å². The number of anilines is 1. The molecule has 2 N–H and O–H groups in total. The van der Waals surface area contributed by atoms with Gasteiger partial charge in [0.2, 0.25) is 5.95 Å². The molecule has 0 radical (unpaired) electrons. The van der Waals surface area contributed by atoms with Gasteiger partial charge in [0.05, 0.1) is 11.0 Å². The van der Waals surface area contributed by atoms with E-state index in [0.717, 1.165) is 17.0 Å². The number of nitrogens with one attached hydrogen (secondary N) is 2. The lowest BCUT2D eigenvalue weighted by molar-refractivity contribution is 1.10. The third kappa shape index (κ3) is 1.58. The van der Waals surface area contributed by atoms with Crippen LogP contribution in [-0.2, 0) is 0 Å². The van der Waals surface area contributed by atoms with E-state index >= 15 is 0 Å². The molecule has 78 valence electrons. The predicted octanol–water partition coefficient (Wildman–Crippen LogP) is 2.75. The smallest absolute Gasteiger partial charge is 0.201 e. The number of aryl methyl sites for hydroxylation is 2. The van der Waals surface area contributed by atoms with E-state index in [9.17, 15) is 0 Å². The number of nitrogens with zero attached hydrogens (tertiary/aromatic N) is 1. The van der Waals surface area contributed by atoms with Gasteiger partial charge in [-0.15, -0.1) is 0 Å². The van der Waals surface area contributed by atoms with Crippen molar-refractivity contribution in [3.05, 3.63) is 23.3 Å². The first kappa shape index (κ1) is 8.77. The van der Waals surface area contributed by atoms with Gasteiger partial charge in [-0.3, -0.25) is 0 Å². The summed E-state index contributed by atoms with van der Waals surface area (Å²) in [6.45, 7) is 4.22. The maximum atomic E-state index is 4.57. The van der Waals surface area contributed by atoms with Gasteiger partial charge in [0.25, 0.3) is 0 Å². The summed E-state index contributed by atoms with van der Waals surface area (Å²) in [6, 6.07) is 4.96. The second kappa shape index (κ2) is 2.99. The molecule has 0 spiro atoms. The first-order valence-corrected chi connectivity index (χ1v) is 5.46. The lowest BCUT2D eigenvalue weighted by Crippen LogP contribution is -2.01. The Morgan fingerprint density at radius 3 is 2.87 bits per heavy atom. The number of hydrogen-bond acceptors (Lipinski definition) is 2. The van der Waals surface area contributed by atoms with Gasteiger partial charge in [0.1, 0.15) is 0 Å². The average molecular weight is 201 g/mol. The molecule has 1 aromatic heterocycles. The van der Waals surface area contributed by atoms with E-state index in [0.29, 0.717) is 6.04 Å². The summed E-state index contributed by atoms with van der Waals surface area (Å²) in [6.07, 6.45) is 2.55. The lowest BCUT2D eigenvalue weighted by atomic mass is 10.1. The van der Waals surface area contributed by atoms with Gasteiger partial charge in [-0.1, -0.05) is 6.07 Å². The molecule has 2 aromatic rings. The van der Waals surface area contributed by atoms with Gasteiger partial charge in [-0.05, 0) is 43.9 Å². The van der Waals surface area contributed by atoms with Gasteiger partial charge < -0.3 is 10.3 Å². The molecule has 0 aliphatic heterocycles. The molecular formula is C12H15N3. The second-order valence-electron chi connectivity index (χ2n) is 4.48. The average Bonchev–Trinajstić information content (AvgIpc) is 2.85. The van der Waals surface area contributed by atoms with Crippen LogP contribution in [-0.4, -0.2) is 16.0 Å². The Kier molecular flexibility index (Phi) is 1.75. The summed E-state index contributed by atoms with van der Waals surface area (Å²) in [5.74, 6) is 0.918. The number of aromatic nitrogens is 2. The molecule has 1 fully saturated rings. The fourth-order valence-electron chi connectivity index (χ4n) is 1.96. The zero-order chi connectivity index (χ0) is 10.4. The Bertz CT molecular complexity index is 509. The monoisotopic (exact) mass is 201 g/mol. The van der Waals surface area contributed by atoms with E-state index in [1.165, 1.54) is 24.0 Å². The minimum absolute atomic E-state index is 0.645. The Morgan fingerprint density at radius 1 is 1.33 bits per heavy atom. The standard InChI is InChI=1S/C12H15N3/c1-7-5-8(2)11-10(6-7)14-12(15-11)13-9-3-4-9/h5-6,9H,3-4H2,1-2H3,(H2,13,14,15). The number of aromatic amines is 1. The minimum atomic E-state index is 0.645. The van der Waals surface area contributed by atoms with Crippen molar-refractivity contribution in [2.45, 2.75) is 32.7 Å². The highest BCUT2D eigenvalue weighted by Gasteiger charge is 2.22. The molecule has 3 rings (SSSR count). The Hall–Kier alpha value is -1.51. The lowest BCUT2D eigenvalue weighted by Gasteiger charge is -1.95. The van der Waals surface area contributed by atoms with Crippen molar-refractivity contribution in [1.82, 2.24) is 9.97 Å². The first-order valence-electron chi connectivity index (χ1n) is 5.46. The first-order chi connectivity index (χ1) is 7.22. The zero-order valence-corrected chi connectivity index (χ0v) is 9.09. The molecular weight excluding hydrogens is 186 g/mol. The van der Waals surface area contributed by atoms with Crippen molar-refractivity contribution in [1.29, 1.82) is 0 Å². The number of hydrogen-bond donors (Lipinski definition) is 2. The van der Waals surface area contributed by atoms with Crippen molar-refractivity contribution in [2.75, 3.05) is 5.32 Å². The molecule has 0 amide bonds. The molecule has 1 aliphatic rings. The van der Waals surface area contributed by atoms with E-state index < -0.39 is 0 Å². The third-order valence-corrected chi connectivity index (χ3v) is 2.84. The highest BCUT2D eigenvalue weighted by Crippen LogP contribution is 2.25. The molecule has 1 aromatic carbocycles. The quantitative estimate of drug-likeness (QED) is 0.784. The van der Waals surface area contributed by atoms with Crippen LogP contribution in [0.4, 0.5) is 5.95 Å². The van der Waals surface area contributed by atoms with E-state index in [2.05, 4.69) is 41.3 Å². The van der Waals surface area contributed by atoms with Crippen LogP contribution in [0.25, 0.3) is 11.0 Å². The van der Waals surface area contributed by atoms with Crippen molar-refractivity contribution in [3.63, 3.8) is 0 Å². The number of rotatable bonds is 2. The normalized spacial score (nSPS) is 15.9. The summed E-state index contributed by atoms with van der Waals surface area (Å²) in [7, 11) is 0. The van der Waals surface area contributed by atoms with E-state index in [1.807, 2.05) is 0 Å². The van der Waals surface area contributed by atoms with E-state index in [1.54, 1.807) is 0 Å². The third-order valence-electron chi connectivity index (χ3n) is 2.84. The summed E-state index contributed by atoms with van der Waals surface area (Å²) >= 11 is 0. The van der Waals surface area contributed by atoms with Crippen molar-refractivity contribution >= 4 is 17.0 Å². The molecule has 3 heteroatoms. The number of imidazole rings is 1. The van der Waals surface area contributed by atoms with Crippen molar-refractivity contribution in [3.8, 4) is 0 Å². The Morgan fingerprint density at radius 2 is 2.13 bits per heavy atom. The number of H-pyrrole nitrogens is 1. The fourth-order valence-corrected chi connectivity index (χ4v) is 1.96. The zero-order valence-electron chi connectivity index (χ0n) is 9.09. The number of fused-ring (bicyclic) bond motifs is 1. The van der Waals surface area contributed by atoms with Crippen LogP contribution in [0.2, 0.25) is 0 Å². The SMILES string of the molecule is Cc1cc(C)c2nc(NC3CC3)[nH]c2c1. The molecule has 0 atom stereocenters. The fraction of sp³-hybridized carbons (Fsp3) is 0.417. The largest absolute Gasteiger partial charge is 0.353 e. The summed E-state index contributed by atoms with van der Waals surface area (Å²) < 4.78 is 0. The molecule has 15 heavy (non-hydrogen) atoms. The second-order valence-corrected chi connectivity index (χ2v) is 4.48. The molecule has 0 unspecified atom stereocenters. The molecule has 1 heterocycles. The highest BCUT2D eigenvalue weighted by molar-refractivity contribution is 5.81. The van der Waals surface area contributed by atoms with Crippen LogP contribution in [0.1, 0.15) is 24.0 Å². The molecule has 3 nitrogen and oxygen atoms in total.